The molecule has 4 aromatic rings. The first-order chi connectivity index (χ1) is 14.1. The fourth-order valence-corrected chi connectivity index (χ4v) is 3.23. The zero-order valence-electron chi connectivity index (χ0n) is 15.7. The number of hydrogen-bond acceptors (Lipinski definition) is 5. The summed E-state index contributed by atoms with van der Waals surface area (Å²) in [5.74, 6) is 0.975. The molecule has 0 aliphatic carbocycles. The fraction of sp³-hybridized carbons (Fsp3) is 0.0909. The molecule has 3 aromatic carbocycles. The summed E-state index contributed by atoms with van der Waals surface area (Å²) >= 11 is 6.18. The molecular weight excluding hydrogens is 392 g/mol. The van der Waals surface area contributed by atoms with E-state index in [1.165, 1.54) is 20.3 Å². The second kappa shape index (κ2) is 7.85. The third-order valence-electron chi connectivity index (χ3n) is 4.38. The van der Waals surface area contributed by atoms with Crippen LogP contribution in [0.4, 0.5) is 5.69 Å². The Bertz CT molecular complexity index is 1150. The lowest BCUT2D eigenvalue weighted by Gasteiger charge is -2.12. The van der Waals surface area contributed by atoms with Crippen LogP contribution in [0.1, 0.15) is 10.4 Å². The molecule has 0 saturated heterocycles. The normalized spacial score (nSPS) is 10.7. The SMILES string of the molecule is COc1cc(C(=O)Nc2ccc(-c3nc4ccccc4o3)cc2)cc(Cl)c1OC. The van der Waals surface area contributed by atoms with Crippen molar-refractivity contribution in [3.63, 3.8) is 0 Å². The molecular formula is C22H17ClN2O4. The lowest BCUT2D eigenvalue weighted by atomic mass is 10.1. The highest BCUT2D eigenvalue weighted by atomic mass is 35.5. The fourth-order valence-electron chi connectivity index (χ4n) is 2.94. The molecule has 0 spiro atoms. The molecule has 6 nitrogen and oxygen atoms in total. The Morgan fingerprint density at radius 2 is 1.79 bits per heavy atom. The number of carbonyl (C=O) groups is 1. The second-order valence-electron chi connectivity index (χ2n) is 6.21. The van der Waals surface area contributed by atoms with Gasteiger partial charge in [0, 0.05) is 16.8 Å². The van der Waals surface area contributed by atoms with Crippen LogP contribution in [0, 0.1) is 0 Å². The number of carbonyl (C=O) groups excluding carboxylic acids is 1. The van der Waals surface area contributed by atoms with Crippen molar-refractivity contribution in [3.05, 3.63) is 71.2 Å². The highest BCUT2D eigenvalue weighted by Gasteiger charge is 2.16. The average molecular weight is 409 g/mol. The van der Waals surface area contributed by atoms with Gasteiger partial charge in [-0.15, -0.1) is 0 Å². The Labute approximate surface area is 172 Å². The second-order valence-corrected chi connectivity index (χ2v) is 6.62. The Morgan fingerprint density at radius 1 is 1.03 bits per heavy atom. The summed E-state index contributed by atoms with van der Waals surface area (Å²) in [4.78, 5) is 17.1. The Hall–Kier alpha value is -3.51. The standard InChI is InChI=1S/C22H17ClN2O4/c1-27-19-12-14(11-16(23)20(19)28-2)21(26)24-15-9-7-13(8-10-15)22-25-17-5-3-4-6-18(17)29-22/h3-12H,1-2H3,(H,24,26). The number of amides is 1. The van der Waals surface area contributed by atoms with Gasteiger partial charge >= 0.3 is 0 Å². The summed E-state index contributed by atoms with van der Waals surface area (Å²) in [6.07, 6.45) is 0. The van der Waals surface area contributed by atoms with Crippen LogP contribution in [0.3, 0.4) is 0 Å². The van der Waals surface area contributed by atoms with Gasteiger partial charge < -0.3 is 19.2 Å². The Kier molecular flexibility index (Phi) is 5.10. The number of ether oxygens (including phenoxy) is 2. The first-order valence-corrected chi connectivity index (χ1v) is 9.15. The van der Waals surface area contributed by atoms with Gasteiger partial charge in [-0.05, 0) is 48.5 Å². The van der Waals surface area contributed by atoms with E-state index in [9.17, 15) is 4.79 Å². The van der Waals surface area contributed by atoms with Gasteiger partial charge in [0.15, 0.2) is 17.1 Å². The number of rotatable bonds is 5. The van der Waals surface area contributed by atoms with Crippen LogP contribution in [0.2, 0.25) is 5.02 Å². The van der Waals surface area contributed by atoms with Crippen molar-refractivity contribution in [1.82, 2.24) is 4.98 Å². The molecule has 29 heavy (non-hydrogen) atoms. The van der Waals surface area contributed by atoms with Gasteiger partial charge in [-0.2, -0.15) is 0 Å². The van der Waals surface area contributed by atoms with Crippen molar-refractivity contribution < 1.29 is 18.7 Å². The Morgan fingerprint density at radius 3 is 2.48 bits per heavy atom. The quantitative estimate of drug-likeness (QED) is 0.477. The molecule has 1 amide bonds. The zero-order chi connectivity index (χ0) is 20.4. The Balaban J connectivity index is 1.54. The predicted octanol–water partition coefficient (Wildman–Crippen LogP) is 5.42. The first-order valence-electron chi connectivity index (χ1n) is 8.78. The van der Waals surface area contributed by atoms with Crippen molar-refractivity contribution in [2.24, 2.45) is 0 Å². The molecule has 1 heterocycles. The summed E-state index contributed by atoms with van der Waals surface area (Å²) in [7, 11) is 2.97. The number of nitrogens with one attached hydrogen (secondary N) is 1. The van der Waals surface area contributed by atoms with Crippen molar-refractivity contribution in [2.45, 2.75) is 0 Å². The van der Waals surface area contributed by atoms with E-state index >= 15 is 0 Å². The molecule has 4 rings (SSSR count). The number of para-hydroxylation sites is 2. The average Bonchev–Trinajstić information content (AvgIpc) is 3.17. The minimum absolute atomic E-state index is 0.295. The van der Waals surface area contributed by atoms with Crippen LogP contribution in [0.15, 0.2) is 65.1 Å². The van der Waals surface area contributed by atoms with Gasteiger partial charge in [-0.1, -0.05) is 23.7 Å². The van der Waals surface area contributed by atoms with Gasteiger partial charge in [-0.25, -0.2) is 4.98 Å². The van der Waals surface area contributed by atoms with Crippen molar-refractivity contribution in [2.75, 3.05) is 19.5 Å². The van der Waals surface area contributed by atoms with Crippen LogP contribution in [0.5, 0.6) is 11.5 Å². The maximum atomic E-state index is 12.6. The van der Waals surface area contributed by atoms with E-state index in [2.05, 4.69) is 10.3 Å². The lowest BCUT2D eigenvalue weighted by molar-refractivity contribution is 0.102. The monoisotopic (exact) mass is 408 g/mol. The van der Waals surface area contributed by atoms with E-state index in [0.29, 0.717) is 33.7 Å². The first kappa shape index (κ1) is 18.8. The molecule has 0 atom stereocenters. The van der Waals surface area contributed by atoms with Crippen molar-refractivity contribution in [1.29, 1.82) is 0 Å². The number of halogens is 1. The highest BCUT2D eigenvalue weighted by molar-refractivity contribution is 6.32. The number of aromatic nitrogens is 1. The van der Waals surface area contributed by atoms with Gasteiger partial charge in [0.25, 0.3) is 5.91 Å². The number of oxazole rings is 1. The molecule has 7 heteroatoms. The molecule has 0 fully saturated rings. The summed E-state index contributed by atoms with van der Waals surface area (Å²) in [5.41, 5.74) is 3.32. The molecule has 1 N–H and O–H groups in total. The van der Waals surface area contributed by atoms with Crippen LogP contribution in [-0.2, 0) is 0 Å². The lowest BCUT2D eigenvalue weighted by Crippen LogP contribution is -2.12. The summed E-state index contributed by atoms with van der Waals surface area (Å²) < 4.78 is 16.2. The highest BCUT2D eigenvalue weighted by Crippen LogP contribution is 2.36. The van der Waals surface area contributed by atoms with Crippen LogP contribution < -0.4 is 14.8 Å². The van der Waals surface area contributed by atoms with Crippen LogP contribution in [-0.4, -0.2) is 25.1 Å². The molecule has 0 unspecified atom stereocenters. The number of methoxy groups -OCH3 is 2. The molecule has 0 aliphatic heterocycles. The van der Waals surface area contributed by atoms with Gasteiger partial charge in [0.2, 0.25) is 5.89 Å². The van der Waals surface area contributed by atoms with Gasteiger partial charge in [0.1, 0.15) is 5.52 Å². The minimum atomic E-state index is -0.317. The van der Waals surface area contributed by atoms with Crippen molar-refractivity contribution in [3.8, 4) is 23.0 Å². The summed E-state index contributed by atoms with van der Waals surface area (Å²) in [6, 6.07) is 17.9. The van der Waals surface area contributed by atoms with Crippen LogP contribution in [0.25, 0.3) is 22.6 Å². The third kappa shape index (κ3) is 3.75. The van der Waals surface area contributed by atoms with E-state index < -0.39 is 0 Å². The maximum absolute atomic E-state index is 12.6. The number of hydrogen-bond donors (Lipinski definition) is 1. The van der Waals surface area contributed by atoms with E-state index in [1.54, 1.807) is 18.2 Å². The smallest absolute Gasteiger partial charge is 0.255 e. The predicted molar refractivity (Wildman–Crippen MR) is 112 cm³/mol. The van der Waals surface area contributed by atoms with E-state index in [0.717, 1.165) is 16.7 Å². The minimum Gasteiger partial charge on any atom is -0.493 e. The van der Waals surface area contributed by atoms with E-state index in [1.807, 2.05) is 36.4 Å². The number of benzene rings is 3. The molecule has 0 aliphatic rings. The van der Waals surface area contributed by atoms with Gasteiger partial charge in [-0.3, -0.25) is 4.79 Å². The number of nitrogens with zero attached hydrogens (tertiary/aromatic N) is 1. The number of fused-ring (bicyclic) bond motifs is 1. The zero-order valence-corrected chi connectivity index (χ0v) is 16.5. The van der Waals surface area contributed by atoms with Crippen LogP contribution >= 0.6 is 11.6 Å². The molecule has 0 saturated carbocycles. The van der Waals surface area contributed by atoms with E-state index in [4.69, 9.17) is 25.5 Å². The maximum Gasteiger partial charge on any atom is 0.255 e. The summed E-state index contributed by atoms with van der Waals surface area (Å²) in [5, 5.41) is 3.13. The van der Waals surface area contributed by atoms with Crippen molar-refractivity contribution >= 4 is 34.3 Å². The number of anilines is 1. The van der Waals surface area contributed by atoms with Gasteiger partial charge in [0.05, 0.1) is 19.2 Å². The van der Waals surface area contributed by atoms with E-state index in [-0.39, 0.29) is 5.91 Å². The molecule has 0 radical (unpaired) electrons. The molecule has 146 valence electrons. The molecule has 1 aromatic heterocycles. The topological polar surface area (TPSA) is 73.6 Å². The molecule has 0 bridgehead atoms. The summed E-state index contributed by atoms with van der Waals surface area (Å²) in [6.45, 7) is 0. The largest absolute Gasteiger partial charge is 0.493 e. The third-order valence-corrected chi connectivity index (χ3v) is 4.66.